The van der Waals surface area contributed by atoms with Crippen molar-refractivity contribution in [3.63, 3.8) is 0 Å². The highest BCUT2D eigenvalue weighted by Gasteiger charge is 2.15. The van der Waals surface area contributed by atoms with Gasteiger partial charge in [0.15, 0.2) is 6.20 Å². The van der Waals surface area contributed by atoms with Crippen molar-refractivity contribution in [3.05, 3.63) is 53.0 Å². The average Bonchev–Trinajstić information content (AvgIpc) is 2.41. The van der Waals surface area contributed by atoms with E-state index < -0.39 is 5.97 Å². The topological polar surface area (TPSA) is 66.1 Å². The van der Waals surface area contributed by atoms with Crippen molar-refractivity contribution in [1.82, 2.24) is 4.98 Å². The molecule has 2 heterocycles. The summed E-state index contributed by atoms with van der Waals surface area (Å²) >= 11 is 0. The molecule has 2 aromatic rings. The fourth-order valence-electron chi connectivity index (χ4n) is 1.63. The maximum Gasteiger partial charge on any atom is 0.338 e. The number of hydrogen-bond acceptors (Lipinski definition) is 4. The number of rotatable bonds is 3. The fourth-order valence-corrected chi connectivity index (χ4v) is 1.63. The molecule has 0 aliphatic carbocycles. The molecule has 5 heteroatoms. The molecule has 0 bridgehead atoms. The predicted octanol–water partition coefficient (Wildman–Crippen LogP) is 1.87. The number of esters is 1. The van der Waals surface area contributed by atoms with Crippen LogP contribution < -0.4 is 4.73 Å². The van der Waals surface area contributed by atoms with Gasteiger partial charge >= 0.3 is 5.97 Å². The van der Waals surface area contributed by atoms with Crippen LogP contribution in [-0.4, -0.2) is 17.6 Å². The maximum absolute atomic E-state index is 11.8. The molecule has 0 unspecified atom stereocenters. The number of carbonyl (C=O) groups excluding carboxylic acids is 1. The van der Waals surface area contributed by atoms with Crippen molar-refractivity contribution >= 4 is 5.97 Å². The summed E-state index contributed by atoms with van der Waals surface area (Å²) in [4.78, 5) is 15.8. The van der Waals surface area contributed by atoms with Gasteiger partial charge in [0.25, 0.3) is 0 Å². The quantitative estimate of drug-likeness (QED) is 0.479. The highest BCUT2D eigenvalue weighted by Crippen LogP contribution is 2.14. The summed E-state index contributed by atoms with van der Waals surface area (Å²) < 4.78 is 5.59. The van der Waals surface area contributed by atoms with E-state index >= 15 is 0 Å². The predicted molar refractivity (Wildman–Crippen MR) is 69.3 cm³/mol. The van der Waals surface area contributed by atoms with Gasteiger partial charge in [0.05, 0.1) is 12.2 Å². The summed E-state index contributed by atoms with van der Waals surface area (Å²) in [5, 5.41) is 11.8. The van der Waals surface area contributed by atoms with Gasteiger partial charge in [-0.3, -0.25) is 0 Å². The summed E-state index contributed by atoms with van der Waals surface area (Å²) in [5.74, 6) is -0.448. The van der Waals surface area contributed by atoms with E-state index in [9.17, 15) is 10.0 Å². The number of nitrogens with zero attached hydrogens (tertiary/aromatic N) is 2. The highest BCUT2D eigenvalue weighted by atomic mass is 16.5. The van der Waals surface area contributed by atoms with Crippen LogP contribution in [0.1, 0.15) is 22.8 Å². The van der Waals surface area contributed by atoms with Crippen molar-refractivity contribution in [2.45, 2.75) is 13.8 Å². The van der Waals surface area contributed by atoms with Gasteiger partial charge in [-0.05, 0) is 25.5 Å². The monoisotopic (exact) mass is 258 g/mol. The van der Waals surface area contributed by atoms with Crippen molar-refractivity contribution in [2.75, 3.05) is 6.61 Å². The van der Waals surface area contributed by atoms with E-state index in [1.165, 1.54) is 18.3 Å². The lowest BCUT2D eigenvalue weighted by molar-refractivity contribution is -0.593. The average molecular weight is 258 g/mol. The molecule has 0 saturated heterocycles. The fraction of sp³-hybridized carbons (Fsp3) is 0.214. The van der Waals surface area contributed by atoms with Gasteiger partial charge in [0.1, 0.15) is 5.69 Å². The number of pyridine rings is 2. The molecule has 0 saturated carbocycles. The second-order valence-corrected chi connectivity index (χ2v) is 4.07. The molecule has 0 N–H and O–H groups in total. The lowest BCUT2D eigenvalue weighted by atomic mass is 10.1. The van der Waals surface area contributed by atoms with Crippen LogP contribution in [0.4, 0.5) is 0 Å². The Morgan fingerprint density at radius 3 is 2.84 bits per heavy atom. The molecular formula is C14H14N2O3. The summed E-state index contributed by atoms with van der Waals surface area (Å²) in [6.45, 7) is 3.94. The number of aryl methyl sites for hydroxylation is 1. The van der Waals surface area contributed by atoms with E-state index in [0.29, 0.717) is 28.3 Å². The first-order valence-electron chi connectivity index (χ1n) is 5.95. The molecule has 0 aliphatic rings. The first kappa shape index (κ1) is 13.0. The van der Waals surface area contributed by atoms with Crippen molar-refractivity contribution in [1.29, 1.82) is 0 Å². The van der Waals surface area contributed by atoms with Gasteiger partial charge in [-0.2, -0.15) is 4.73 Å². The third-order valence-corrected chi connectivity index (χ3v) is 2.60. The zero-order chi connectivity index (χ0) is 13.8. The molecule has 0 aromatic carbocycles. The Bertz CT molecular complexity index is 594. The Kier molecular flexibility index (Phi) is 3.75. The third-order valence-electron chi connectivity index (χ3n) is 2.60. The van der Waals surface area contributed by atoms with Gasteiger partial charge < -0.3 is 9.94 Å². The van der Waals surface area contributed by atoms with Crippen LogP contribution in [0.2, 0.25) is 0 Å². The normalized spacial score (nSPS) is 10.2. The molecule has 0 aliphatic heterocycles. The minimum Gasteiger partial charge on any atom is -0.618 e. The molecule has 19 heavy (non-hydrogen) atoms. The smallest absolute Gasteiger partial charge is 0.338 e. The zero-order valence-electron chi connectivity index (χ0n) is 10.8. The zero-order valence-corrected chi connectivity index (χ0v) is 10.8. The summed E-state index contributed by atoms with van der Waals surface area (Å²) in [5.41, 5.74) is 2.19. The molecule has 0 radical (unpaired) electrons. The van der Waals surface area contributed by atoms with Crippen LogP contribution in [0.25, 0.3) is 11.4 Å². The molecule has 2 rings (SSSR count). The van der Waals surface area contributed by atoms with Crippen LogP contribution in [0.3, 0.4) is 0 Å². The van der Waals surface area contributed by atoms with Crippen LogP contribution >= 0.6 is 0 Å². The van der Waals surface area contributed by atoms with E-state index in [4.69, 9.17) is 4.74 Å². The van der Waals surface area contributed by atoms with E-state index in [1.807, 2.05) is 13.0 Å². The number of hydrogen-bond donors (Lipinski definition) is 0. The molecule has 0 fully saturated rings. The van der Waals surface area contributed by atoms with Crippen molar-refractivity contribution in [2.24, 2.45) is 0 Å². The SMILES string of the molecule is CCOC(=O)c1cc[n+]([O-])c(-c2ccc(C)cn2)c1. The molecule has 98 valence electrons. The standard InChI is InChI=1S/C14H14N2O3/c1-3-19-14(17)11-6-7-16(18)13(8-11)12-5-4-10(2)9-15-12/h4-9H,3H2,1-2H3. The van der Waals surface area contributed by atoms with E-state index in [2.05, 4.69) is 4.98 Å². The first-order valence-corrected chi connectivity index (χ1v) is 5.95. The van der Waals surface area contributed by atoms with E-state index in [1.54, 1.807) is 19.2 Å². The second kappa shape index (κ2) is 5.48. The van der Waals surface area contributed by atoms with Crippen LogP contribution in [-0.2, 0) is 4.74 Å². The Hall–Kier alpha value is -2.43. The summed E-state index contributed by atoms with van der Waals surface area (Å²) in [6.07, 6.45) is 2.95. The molecule has 5 nitrogen and oxygen atoms in total. The summed E-state index contributed by atoms with van der Waals surface area (Å²) in [6, 6.07) is 6.53. The highest BCUT2D eigenvalue weighted by molar-refractivity contribution is 5.90. The molecule has 0 amide bonds. The number of carbonyl (C=O) groups is 1. The van der Waals surface area contributed by atoms with Crippen molar-refractivity contribution in [3.8, 4) is 11.4 Å². The lowest BCUT2D eigenvalue weighted by Crippen LogP contribution is -2.29. The van der Waals surface area contributed by atoms with Crippen LogP contribution in [0.5, 0.6) is 0 Å². The van der Waals surface area contributed by atoms with Crippen LogP contribution in [0.15, 0.2) is 36.7 Å². The van der Waals surface area contributed by atoms with Gasteiger partial charge in [-0.1, -0.05) is 6.07 Å². The Balaban J connectivity index is 2.42. The van der Waals surface area contributed by atoms with E-state index in [-0.39, 0.29) is 0 Å². The molecule has 0 atom stereocenters. The van der Waals surface area contributed by atoms with Gasteiger partial charge in [-0.15, -0.1) is 0 Å². The first-order chi connectivity index (χ1) is 9.11. The Morgan fingerprint density at radius 1 is 1.42 bits per heavy atom. The minimum atomic E-state index is -0.448. The Labute approximate surface area is 111 Å². The molecular weight excluding hydrogens is 244 g/mol. The number of ether oxygens (including phenoxy) is 1. The minimum absolute atomic E-state index is 0.295. The number of aromatic nitrogens is 2. The van der Waals surface area contributed by atoms with Gasteiger partial charge in [0, 0.05) is 18.3 Å². The van der Waals surface area contributed by atoms with Gasteiger partial charge in [0.2, 0.25) is 5.69 Å². The maximum atomic E-state index is 11.8. The second-order valence-electron chi connectivity index (χ2n) is 4.07. The van der Waals surface area contributed by atoms with Crippen molar-refractivity contribution < 1.29 is 14.3 Å². The van der Waals surface area contributed by atoms with Gasteiger partial charge in [-0.25, -0.2) is 9.78 Å². The van der Waals surface area contributed by atoms with Crippen LogP contribution in [0, 0.1) is 12.1 Å². The third kappa shape index (κ3) is 2.88. The summed E-state index contributed by atoms with van der Waals surface area (Å²) in [7, 11) is 0. The largest absolute Gasteiger partial charge is 0.618 e. The molecule has 0 spiro atoms. The van der Waals surface area contributed by atoms with E-state index in [0.717, 1.165) is 5.56 Å². The lowest BCUT2D eigenvalue weighted by Gasteiger charge is -2.06. The molecule has 2 aromatic heterocycles. The Morgan fingerprint density at radius 2 is 2.21 bits per heavy atom.